The lowest BCUT2D eigenvalue weighted by Crippen LogP contribution is -2.37. The molecule has 4 aromatic rings. The van der Waals surface area contributed by atoms with E-state index in [1.807, 2.05) is 48.3 Å². The van der Waals surface area contributed by atoms with Crippen molar-refractivity contribution < 1.29 is 32.4 Å². The molecule has 0 amide bonds. The molecule has 0 aliphatic heterocycles. The maximum atomic E-state index is 12.9. The van der Waals surface area contributed by atoms with Crippen LogP contribution in [0.1, 0.15) is 21.7 Å². The number of nitrogens with one attached hydrogen (secondary N) is 2. The number of hydrogen-bond acceptors (Lipinski definition) is 4. The van der Waals surface area contributed by atoms with Gasteiger partial charge in [-0.15, -0.1) is 0 Å². The number of Topliss-reactive ketones (excluding diaryl/α,β-unsaturated/α-hetero) is 1. The summed E-state index contributed by atoms with van der Waals surface area (Å²) in [5.41, 5.74) is 3.50. The first kappa shape index (κ1) is 22.1. The molecule has 2 N–H and O–H groups in total. The Balaban J connectivity index is 0.000000325. The Morgan fingerprint density at radius 2 is 1.79 bits per heavy atom. The molecule has 0 fully saturated rings. The number of ketones is 1. The first-order valence-electron chi connectivity index (χ1n) is 9.91. The van der Waals surface area contributed by atoms with Crippen LogP contribution in [0.15, 0.2) is 66.6 Å². The molecule has 0 radical (unpaired) electrons. The molecule has 0 atom stereocenters. The molecular formula is C24H18F3N3O3. The van der Waals surface area contributed by atoms with Crippen LogP contribution in [0.2, 0.25) is 0 Å². The fourth-order valence-corrected chi connectivity index (χ4v) is 3.75. The molecule has 2 aromatic heterocycles. The number of carbonyl (C=O) groups excluding carboxylic acids is 2. The highest BCUT2D eigenvalue weighted by atomic mass is 19.4. The lowest BCUT2D eigenvalue weighted by Gasteiger charge is -2.14. The molecule has 1 aliphatic carbocycles. The van der Waals surface area contributed by atoms with Gasteiger partial charge in [0.05, 0.1) is 11.1 Å². The minimum absolute atomic E-state index is 0.0129. The Bertz CT molecular complexity index is 1420. The predicted octanol–water partition coefficient (Wildman–Crippen LogP) is 2.77. The van der Waals surface area contributed by atoms with E-state index in [-0.39, 0.29) is 5.78 Å². The van der Waals surface area contributed by atoms with Crippen molar-refractivity contribution in [2.45, 2.75) is 12.7 Å². The van der Waals surface area contributed by atoms with Gasteiger partial charge < -0.3 is 20.2 Å². The molecule has 0 bridgehead atoms. The zero-order valence-corrected chi connectivity index (χ0v) is 17.4. The highest BCUT2D eigenvalue weighted by molar-refractivity contribution is 6.20. The normalized spacial score (nSPS) is 12.8. The van der Waals surface area contributed by atoms with Crippen molar-refractivity contribution in [2.75, 3.05) is 0 Å². The van der Waals surface area contributed by atoms with Crippen LogP contribution in [0, 0.1) is 0 Å². The minimum atomic E-state index is -5.19. The average molecular weight is 453 g/mol. The fraction of sp³-hybridized carbons (Fsp3) is 0.125. The van der Waals surface area contributed by atoms with Crippen LogP contribution in [0.3, 0.4) is 0 Å². The third kappa shape index (κ3) is 4.30. The molecule has 0 spiro atoms. The lowest BCUT2D eigenvalue weighted by molar-refractivity contribution is -0.671. The van der Waals surface area contributed by atoms with Crippen molar-refractivity contribution in [2.24, 2.45) is 7.05 Å². The minimum Gasteiger partial charge on any atom is -0.542 e. The number of carboxylic acid groups (broad SMARTS) is 1. The molecule has 1 aliphatic rings. The summed E-state index contributed by atoms with van der Waals surface area (Å²) in [5, 5.41) is 16.6. The van der Waals surface area contributed by atoms with Gasteiger partial charge in [0.2, 0.25) is 11.5 Å². The number of nitrogens with zero attached hydrogens (tertiary/aromatic N) is 1. The van der Waals surface area contributed by atoms with E-state index >= 15 is 0 Å². The molecule has 0 saturated heterocycles. The number of benzene rings is 2. The number of rotatable bonds is 3. The van der Waals surface area contributed by atoms with Crippen LogP contribution < -0.4 is 15.0 Å². The number of hydrogen-bond donors (Lipinski definition) is 2. The topological polar surface area (TPSA) is 88.9 Å². The molecule has 168 valence electrons. The van der Waals surface area contributed by atoms with E-state index in [2.05, 4.69) is 40.6 Å². The summed E-state index contributed by atoms with van der Waals surface area (Å²) in [6.45, 7) is 0.606. The van der Waals surface area contributed by atoms with Gasteiger partial charge in [0.1, 0.15) is 18.7 Å². The SMILES string of the molecule is C[n+]1ccc2c[nH]c3c2c1C=C(NCc1cccc2ccccc12)C3=O.O=C([O-])C(F)(F)F. The van der Waals surface area contributed by atoms with Gasteiger partial charge in [0, 0.05) is 30.3 Å². The Hall–Kier alpha value is -4.14. The van der Waals surface area contributed by atoms with Crippen molar-refractivity contribution in [3.63, 3.8) is 0 Å². The highest BCUT2D eigenvalue weighted by Gasteiger charge is 2.29. The maximum Gasteiger partial charge on any atom is 0.430 e. The number of carbonyl (C=O) groups is 2. The number of aryl methyl sites for hydroxylation is 1. The summed E-state index contributed by atoms with van der Waals surface area (Å²) in [7, 11) is 2.00. The fourth-order valence-electron chi connectivity index (χ4n) is 3.75. The zero-order chi connectivity index (χ0) is 23.8. The molecule has 2 aromatic carbocycles. The number of pyridine rings is 1. The monoisotopic (exact) mass is 453 g/mol. The molecular weight excluding hydrogens is 435 g/mol. The van der Waals surface area contributed by atoms with Gasteiger partial charge in [-0.3, -0.25) is 4.79 Å². The van der Waals surface area contributed by atoms with Gasteiger partial charge in [0.25, 0.3) is 0 Å². The molecule has 2 heterocycles. The van der Waals surface area contributed by atoms with Crippen molar-refractivity contribution in [3.8, 4) is 0 Å². The van der Waals surface area contributed by atoms with Crippen LogP contribution in [0.4, 0.5) is 13.2 Å². The first-order chi connectivity index (χ1) is 15.7. The number of allylic oxidation sites excluding steroid dienone is 1. The zero-order valence-electron chi connectivity index (χ0n) is 17.4. The van der Waals surface area contributed by atoms with Gasteiger partial charge >= 0.3 is 6.18 Å². The molecule has 0 unspecified atom stereocenters. The average Bonchev–Trinajstić information content (AvgIpc) is 3.22. The van der Waals surface area contributed by atoms with Crippen molar-refractivity contribution in [1.29, 1.82) is 0 Å². The van der Waals surface area contributed by atoms with E-state index in [9.17, 15) is 18.0 Å². The summed E-state index contributed by atoms with van der Waals surface area (Å²) in [5.74, 6) is -2.99. The van der Waals surface area contributed by atoms with Crippen molar-refractivity contribution in [3.05, 3.63) is 83.6 Å². The van der Waals surface area contributed by atoms with E-state index in [1.165, 1.54) is 16.3 Å². The number of aliphatic carboxylic acids is 1. The van der Waals surface area contributed by atoms with Gasteiger partial charge in [-0.2, -0.15) is 13.2 Å². The van der Waals surface area contributed by atoms with Gasteiger partial charge in [0.15, 0.2) is 6.20 Å². The number of alkyl halides is 3. The smallest absolute Gasteiger partial charge is 0.430 e. The Morgan fingerprint density at radius 1 is 1.09 bits per heavy atom. The second kappa shape index (κ2) is 8.42. The highest BCUT2D eigenvalue weighted by Crippen LogP contribution is 2.28. The summed E-state index contributed by atoms with van der Waals surface area (Å²) >= 11 is 0. The predicted molar refractivity (Wildman–Crippen MR) is 114 cm³/mol. The van der Waals surface area contributed by atoms with Crippen LogP contribution in [0.25, 0.3) is 27.6 Å². The van der Waals surface area contributed by atoms with E-state index in [0.29, 0.717) is 17.9 Å². The van der Waals surface area contributed by atoms with E-state index < -0.39 is 12.1 Å². The molecule has 6 nitrogen and oxygen atoms in total. The number of aromatic nitrogens is 2. The maximum absolute atomic E-state index is 12.9. The second-order valence-electron chi connectivity index (χ2n) is 7.47. The third-order valence-corrected chi connectivity index (χ3v) is 5.36. The molecule has 33 heavy (non-hydrogen) atoms. The van der Waals surface area contributed by atoms with Crippen molar-refractivity contribution >= 4 is 39.4 Å². The largest absolute Gasteiger partial charge is 0.542 e. The van der Waals surface area contributed by atoms with Gasteiger partial charge in [-0.1, -0.05) is 42.5 Å². The van der Waals surface area contributed by atoms with Gasteiger partial charge in [-0.05, 0) is 16.3 Å². The Labute approximate surface area is 186 Å². The second-order valence-corrected chi connectivity index (χ2v) is 7.47. The summed E-state index contributed by atoms with van der Waals surface area (Å²) < 4.78 is 33.6. The number of fused-ring (bicyclic) bond motifs is 1. The van der Waals surface area contributed by atoms with E-state index in [0.717, 1.165) is 16.5 Å². The van der Waals surface area contributed by atoms with Crippen LogP contribution in [-0.2, 0) is 18.4 Å². The van der Waals surface area contributed by atoms with Crippen molar-refractivity contribution in [1.82, 2.24) is 10.3 Å². The van der Waals surface area contributed by atoms with E-state index in [4.69, 9.17) is 9.90 Å². The Kier molecular flexibility index (Phi) is 5.63. The summed E-state index contributed by atoms with van der Waals surface area (Å²) in [6.07, 6.45) is 0.675. The van der Waals surface area contributed by atoms with Crippen LogP contribution in [-0.4, -0.2) is 22.9 Å². The molecule has 5 rings (SSSR count). The number of carboxylic acids is 1. The van der Waals surface area contributed by atoms with E-state index in [1.54, 1.807) is 0 Å². The summed E-state index contributed by atoms with van der Waals surface area (Å²) in [6, 6.07) is 16.6. The Morgan fingerprint density at radius 3 is 2.52 bits per heavy atom. The van der Waals surface area contributed by atoms with Crippen LogP contribution >= 0.6 is 0 Å². The lowest BCUT2D eigenvalue weighted by atomic mass is 10.00. The molecule has 0 saturated carbocycles. The van der Waals surface area contributed by atoms with Gasteiger partial charge in [-0.25, -0.2) is 4.57 Å². The number of halogens is 3. The third-order valence-electron chi connectivity index (χ3n) is 5.36. The summed E-state index contributed by atoms with van der Waals surface area (Å²) in [4.78, 5) is 24.8. The standard InChI is InChI=1S/C22H17N3O.C2HF3O2/c1-25-10-9-16-13-24-21-20(16)19(25)11-18(22(21)26)23-12-15-7-4-6-14-5-2-3-8-17(14)15;3-2(4,5)1(6)7/h2-11,13H,12H2,1H3,(H,23,24,26);(H,6,7). The van der Waals surface area contributed by atoms with Crippen LogP contribution in [0.5, 0.6) is 0 Å². The first-order valence-corrected chi connectivity index (χ1v) is 9.91. The quantitative estimate of drug-likeness (QED) is 0.467. The number of H-pyrrole nitrogens is 1. The number of aromatic amines is 1. The molecule has 9 heteroatoms.